The molecule has 0 fully saturated rings. The summed E-state index contributed by atoms with van der Waals surface area (Å²) >= 11 is 4.98. The second-order valence-electron chi connectivity index (χ2n) is 5.68. The summed E-state index contributed by atoms with van der Waals surface area (Å²) in [7, 11) is 0. The van der Waals surface area contributed by atoms with Crippen molar-refractivity contribution in [2.75, 3.05) is 5.32 Å². The second kappa shape index (κ2) is 8.18. The van der Waals surface area contributed by atoms with Crippen LogP contribution >= 0.6 is 12.2 Å². The number of thiocarbonyl (C=S) groups is 1. The Bertz CT molecular complexity index is 790. The number of nitrogens with one attached hydrogen (secondary N) is 2. The highest BCUT2D eigenvalue weighted by Gasteiger charge is 2.30. The zero-order chi connectivity index (χ0) is 19.3. The molecule has 0 heterocycles. The summed E-state index contributed by atoms with van der Waals surface area (Å²) in [5.41, 5.74) is -0.336. The van der Waals surface area contributed by atoms with E-state index in [1.807, 2.05) is 13.8 Å². The monoisotopic (exact) mass is 382 g/mol. The van der Waals surface area contributed by atoms with Crippen molar-refractivity contribution in [2.24, 2.45) is 0 Å². The lowest BCUT2D eigenvalue weighted by atomic mass is 10.2. The molecule has 0 aliphatic carbocycles. The largest absolute Gasteiger partial charge is 0.491 e. The lowest BCUT2D eigenvalue weighted by Crippen LogP contribution is -2.34. The van der Waals surface area contributed by atoms with Crippen LogP contribution in [-0.2, 0) is 6.18 Å². The highest BCUT2D eigenvalue weighted by atomic mass is 32.1. The Morgan fingerprint density at radius 3 is 2.35 bits per heavy atom. The number of hydrogen-bond acceptors (Lipinski definition) is 3. The molecule has 0 radical (unpaired) electrons. The van der Waals surface area contributed by atoms with Gasteiger partial charge in [-0.25, -0.2) is 0 Å². The summed E-state index contributed by atoms with van der Waals surface area (Å²) < 4.78 is 43.6. The standard InChI is InChI=1S/C18H17F3N2O2S/c1-11(2)25-15-8-6-12(7-9-15)16(24)23-17(26)22-14-5-3-4-13(10-14)18(19,20)21/h3-11H,1-2H3,(H2,22,23,24,26). The van der Waals surface area contributed by atoms with E-state index >= 15 is 0 Å². The Labute approximate surface area is 154 Å². The summed E-state index contributed by atoms with van der Waals surface area (Å²) in [5, 5.41) is 4.89. The first-order valence-corrected chi connectivity index (χ1v) is 8.12. The van der Waals surface area contributed by atoms with E-state index in [1.165, 1.54) is 12.1 Å². The van der Waals surface area contributed by atoms with Crippen LogP contribution in [0.5, 0.6) is 5.75 Å². The van der Waals surface area contributed by atoms with Crippen molar-refractivity contribution in [1.82, 2.24) is 5.32 Å². The number of benzene rings is 2. The summed E-state index contributed by atoms with van der Waals surface area (Å²) in [6.07, 6.45) is -4.44. The molecular weight excluding hydrogens is 365 g/mol. The number of carbonyl (C=O) groups is 1. The fourth-order valence-electron chi connectivity index (χ4n) is 2.07. The molecule has 2 aromatic carbocycles. The average Bonchev–Trinajstić information content (AvgIpc) is 2.54. The maximum Gasteiger partial charge on any atom is 0.416 e. The quantitative estimate of drug-likeness (QED) is 0.758. The number of amides is 1. The highest BCUT2D eigenvalue weighted by molar-refractivity contribution is 7.80. The van der Waals surface area contributed by atoms with E-state index < -0.39 is 17.6 Å². The van der Waals surface area contributed by atoms with E-state index in [0.717, 1.165) is 12.1 Å². The molecule has 0 unspecified atom stereocenters. The summed E-state index contributed by atoms with van der Waals surface area (Å²) in [5.74, 6) is 0.145. The van der Waals surface area contributed by atoms with Gasteiger partial charge >= 0.3 is 6.18 Å². The van der Waals surface area contributed by atoms with E-state index in [-0.39, 0.29) is 16.9 Å². The highest BCUT2D eigenvalue weighted by Crippen LogP contribution is 2.30. The Morgan fingerprint density at radius 1 is 1.12 bits per heavy atom. The Kier molecular flexibility index (Phi) is 6.20. The Hall–Kier alpha value is -2.61. The van der Waals surface area contributed by atoms with Gasteiger partial charge in [0.2, 0.25) is 0 Å². The van der Waals surface area contributed by atoms with E-state index in [4.69, 9.17) is 17.0 Å². The van der Waals surface area contributed by atoms with Crippen molar-refractivity contribution in [3.05, 3.63) is 59.7 Å². The first-order chi connectivity index (χ1) is 12.1. The molecule has 2 N–H and O–H groups in total. The molecule has 8 heteroatoms. The van der Waals surface area contributed by atoms with Gasteiger partial charge in [-0.2, -0.15) is 13.2 Å². The fraction of sp³-hybridized carbons (Fsp3) is 0.222. The van der Waals surface area contributed by atoms with Gasteiger partial charge in [0.15, 0.2) is 5.11 Å². The van der Waals surface area contributed by atoms with Gasteiger partial charge in [0.25, 0.3) is 5.91 Å². The van der Waals surface area contributed by atoms with Crippen molar-refractivity contribution in [1.29, 1.82) is 0 Å². The maximum absolute atomic E-state index is 12.7. The van der Waals surface area contributed by atoms with Crippen LogP contribution in [0.1, 0.15) is 29.8 Å². The lowest BCUT2D eigenvalue weighted by Gasteiger charge is -2.13. The predicted octanol–water partition coefficient (Wildman–Crippen LogP) is 4.62. The zero-order valence-corrected chi connectivity index (χ0v) is 14.9. The molecule has 0 saturated heterocycles. The predicted molar refractivity (Wildman–Crippen MR) is 97.3 cm³/mol. The Morgan fingerprint density at radius 2 is 1.77 bits per heavy atom. The van der Waals surface area contributed by atoms with Crippen molar-refractivity contribution in [3.8, 4) is 5.75 Å². The molecule has 4 nitrogen and oxygen atoms in total. The SMILES string of the molecule is CC(C)Oc1ccc(C(=O)NC(=S)Nc2cccc(C(F)(F)F)c2)cc1. The molecule has 0 aliphatic heterocycles. The Balaban J connectivity index is 1.98. The van der Waals surface area contributed by atoms with Crippen molar-refractivity contribution in [2.45, 2.75) is 26.1 Å². The van der Waals surface area contributed by atoms with Gasteiger partial charge in [0.05, 0.1) is 11.7 Å². The normalized spacial score (nSPS) is 11.2. The maximum atomic E-state index is 12.7. The molecule has 0 saturated carbocycles. The minimum absolute atomic E-state index is 0.0129. The average molecular weight is 382 g/mol. The molecule has 0 aliphatic rings. The van der Waals surface area contributed by atoms with Crippen molar-refractivity contribution in [3.63, 3.8) is 0 Å². The topological polar surface area (TPSA) is 50.4 Å². The van der Waals surface area contributed by atoms with Gasteiger partial charge in [0.1, 0.15) is 5.75 Å². The van der Waals surface area contributed by atoms with Crippen molar-refractivity contribution < 1.29 is 22.7 Å². The van der Waals surface area contributed by atoms with Crippen LogP contribution in [-0.4, -0.2) is 17.1 Å². The minimum Gasteiger partial charge on any atom is -0.491 e. The van der Waals surface area contributed by atoms with E-state index in [1.54, 1.807) is 24.3 Å². The van der Waals surface area contributed by atoms with Crippen LogP contribution in [0.25, 0.3) is 0 Å². The molecule has 2 aromatic rings. The molecule has 0 bridgehead atoms. The van der Waals surface area contributed by atoms with Gasteiger partial charge in [-0.3, -0.25) is 10.1 Å². The fourth-order valence-corrected chi connectivity index (χ4v) is 2.28. The number of carbonyl (C=O) groups excluding carboxylic acids is 1. The van der Waals surface area contributed by atoms with Crippen molar-refractivity contribution >= 4 is 28.9 Å². The molecule has 26 heavy (non-hydrogen) atoms. The molecule has 0 aromatic heterocycles. The van der Waals surface area contributed by atoms with Gasteiger partial charge < -0.3 is 10.1 Å². The number of anilines is 1. The second-order valence-corrected chi connectivity index (χ2v) is 6.09. The number of ether oxygens (including phenoxy) is 1. The molecule has 0 spiro atoms. The third-order valence-electron chi connectivity index (χ3n) is 3.16. The van der Waals surface area contributed by atoms with E-state index in [0.29, 0.717) is 11.3 Å². The van der Waals surface area contributed by atoms with Gasteiger partial charge in [-0.05, 0) is 68.5 Å². The van der Waals surface area contributed by atoms with Gasteiger partial charge in [-0.1, -0.05) is 6.07 Å². The third-order valence-corrected chi connectivity index (χ3v) is 3.37. The van der Waals surface area contributed by atoms with E-state index in [9.17, 15) is 18.0 Å². The third kappa shape index (κ3) is 5.73. The minimum atomic E-state index is -4.46. The number of halogens is 3. The van der Waals surface area contributed by atoms with Crippen LogP contribution in [0.15, 0.2) is 48.5 Å². The molecule has 138 valence electrons. The van der Waals surface area contributed by atoms with Crippen LogP contribution in [0, 0.1) is 0 Å². The van der Waals surface area contributed by atoms with E-state index in [2.05, 4.69) is 10.6 Å². The van der Waals surface area contributed by atoms with Gasteiger partial charge in [-0.15, -0.1) is 0 Å². The molecule has 1 amide bonds. The number of rotatable bonds is 4. The number of alkyl halides is 3. The summed E-state index contributed by atoms with van der Waals surface area (Å²) in [6.45, 7) is 3.77. The van der Waals surface area contributed by atoms with Crippen LogP contribution in [0.3, 0.4) is 0 Å². The van der Waals surface area contributed by atoms with Crippen LogP contribution in [0.4, 0.5) is 18.9 Å². The lowest BCUT2D eigenvalue weighted by molar-refractivity contribution is -0.137. The molecule has 0 atom stereocenters. The molecule has 2 rings (SSSR count). The van der Waals surface area contributed by atoms with Gasteiger partial charge in [0, 0.05) is 11.3 Å². The first-order valence-electron chi connectivity index (χ1n) is 7.71. The van der Waals surface area contributed by atoms with Crippen LogP contribution < -0.4 is 15.4 Å². The first kappa shape index (κ1) is 19.7. The zero-order valence-electron chi connectivity index (χ0n) is 14.1. The molecular formula is C18H17F3N2O2S. The smallest absolute Gasteiger partial charge is 0.416 e. The van der Waals surface area contributed by atoms with Crippen LogP contribution in [0.2, 0.25) is 0 Å². The summed E-state index contributed by atoms with van der Waals surface area (Å²) in [4.78, 5) is 12.1. The summed E-state index contributed by atoms with van der Waals surface area (Å²) in [6, 6.07) is 11.0. The number of hydrogen-bond donors (Lipinski definition) is 2.